The molecular weight excluding hydrogens is 558 g/mol. The summed E-state index contributed by atoms with van der Waals surface area (Å²) in [6.07, 6.45) is 0.477. The van der Waals surface area contributed by atoms with Crippen LogP contribution in [0.4, 0.5) is 11.4 Å². The summed E-state index contributed by atoms with van der Waals surface area (Å²) in [5, 5.41) is 10.7. The number of benzene rings is 2. The molecule has 1 atom stereocenters. The Hall–Kier alpha value is -4.49. The lowest BCUT2D eigenvalue weighted by molar-refractivity contribution is -0.139. The summed E-state index contributed by atoms with van der Waals surface area (Å²) in [7, 11) is 2.40. The number of carbonyl (C=O) groups is 3. The number of hydrogen-bond acceptors (Lipinski definition) is 9. The molecule has 0 aliphatic carbocycles. The molecule has 0 saturated carbocycles. The van der Waals surface area contributed by atoms with Crippen molar-refractivity contribution >= 4 is 40.8 Å². The smallest absolute Gasteiger partial charge is 0.355 e. The molecule has 220 valence electrons. The molecule has 4 rings (SSSR count). The Bertz CT molecular complexity index is 1470. The first-order valence-corrected chi connectivity index (χ1v) is 14.0. The maximum absolute atomic E-state index is 13.5. The maximum Gasteiger partial charge on any atom is 0.355 e. The molecule has 1 amide bonds. The van der Waals surface area contributed by atoms with Crippen molar-refractivity contribution in [2.75, 3.05) is 50.2 Å². The number of rotatable bonds is 7. The van der Waals surface area contributed by atoms with Crippen molar-refractivity contribution in [1.29, 1.82) is 5.26 Å². The van der Waals surface area contributed by atoms with E-state index in [2.05, 4.69) is 11.0 Å². The molecule has 1 unspecified atom stereocenters. The minimum atomic E-state index is -0.979. The molecule has 10 nitrogen and oxygen atoms in total. The largest absolute Gasteiger partial charge is 0.466 e. The van der Waals surface area contributed by atoms with Crippen LogP contribution in [0.5, 0.6) is 0 Å². The summed E-state index contributed by atoms with van der Waals surface area (Å²) in [4.78, 5) is 44.8. The molecule has 0 bridgehead atoms. The van der Waals surface area contributed by atoms with Gasteiger partial charge in [0.15, 0.2) is 0 Å². The number of ether oxygens (including phenoxy) is 2. The van der Waals surface area contributed by atoms with Crippen LogP contribution < -0.4 is 15.5 Å². The summed E-state index contributed by atoms with van der Waals surface area (Å²) in [5.74, 6) is -2.32. The first kappa shape index (κ1) is 30.5. The first-order valence-electron chi connectivity index (χ1n) is 13.6. The molecular formula is C31H34ClN5O5. The molecule has 42 heavy (non-hydrogen) atoms. The van der Waals surface area contributed by atoms with Gasteiger partial charge in [-0.3, -0.25) is 9.69 Å². The van der Waals surface area contributed by atoms with E-state index in [0.717, 1.165) is 0 Å². The van der Waals surface area contributed by atoms with Gasteiger partial charge in [0.2, 0.25) is 5.91 Å². The van der Waals surface area contributed by atoms with Gasteiger partial charge in [0, 0.05) is 37.6 Å². The van der Waals surface area contributed by atoms with E-state index in [1.807, 2.05) is 18.7 Å². The van der Waals surface area contributed by atoms with Crippen LogP contribution in [-0.2, 0) is 23.9 Å². The van der Waals surface area contributed by atoms with Gasteiger partial charge in [-0.15, -0.1) is 0 Å². The zero-order valence-electron chi connectivity index (χ0n) is 24.1. The maximum atomic E-state index is 13.5. The molecule has 0 aromatic heterocycles. The molecule has 2 aromatic carbocycles. The van der Waals surface area contributed by atoms with Crippen LogP contribution in [-0.4, -0.2) is 63.1 Å². The van der Waals surface area contributed by atoms with Crippen LogP contribution in [0, 0.1) is 17.2 Å². The van der Waals surface area contributed by atoms with Gasteiger partial charge < -0.3 is 25.0 Å². The minimum Gasteiger partial charge on any atom is -0.466 e. The number of nitrogens with two attached hydrogens (primary N) is 1. The van der Waals surface area contributed by atoms with Crippen LogP contribution in [0.15, 0.2) is 71.2 Å². The summed E-state index contributed by atoms with van der Waals surface area (Å²) in [6, 6.07) is 16.1. The summed E-state index contributed by atoms with van der Waals surface area (Å²) < 4.78 is 10.3. The predicted octanol–water partition coefficient (Wildman–Crippen LogP) is 3.93. The highest BCUT2D eigenvalue weighted by Gasteiger charge is 2.44. The number of halogens is 1. The highest BCUT2D eigenvalue weighted by atomic mass is 35.5. The number of hydrogen-bond donors (Lipinski definition) is 1. The van der Waals surface area contributed by atoms with Crippen molar-refractivity contribution < 1.29 is 23.9 Å². The molecule has 11 heteroatoms. The van der Waals surface area contributed by atoms with Crippen LogP contribution in [0.25, 0.3) is 0 Å². The van der Waals surface area contributed by atoms with E-state index >= 15 is 0 Å². The van der Waals surface area contributed by atoms with Crippen molar-refractivity contribution in [1.82, 2.24) is 4.90 Å². The van der Waals surface area contributed by atoms with Gasteiger partial charge in [-0.25, -0.2) is 9.59 Å². The molecule has 1 saturated heterocycles. The molecule has 2 aliphatic rings. The van der Waals surface area contributed by atoms with Crippen molar-refractivity contribution in [2.24, 2.45) is 11.7 Å². The van der Waals surface area contributed by atoms with E-state index in [0.29, 0.717) is 54.6 Å². The molecule has 2 heterocycles. The Morgan fingerprint density at radius 3 is 2.21 bits per heavy atom. The second-order valence-electron chi connectivity index (χ2n) is 10.4. The third-order valence-electron chi connectivity index (χ3n) is 7.34. The zero-order valence-corrected chi connectivity index (χ0v) is 24.9. The number of esters is 2. The lowest BCUT2D eigenvalue weighted by atomic mass is 9.81. The Labute approximate surface area is 250 Å². The third-order valence-corrected chi connectivity index (χ3v) is 7.58. The molecule has 0 radical (unpaired) electrons. The number of carbonyl (C=O) groups excluding carboxylic acids is 3. The molecule has 2 N–H and O–H groups in total. The SMILES string of the molecule is COC(=O)C1=C(C(=O)OC)N(c2cc(Cl)ccc2N2CCN(C(=O)CC(C)C)CC2)C(N)=C(C#N)C1c1ccccc1. The highest BCUT2D eigenvalue weighted by molar-refractivity contribution is 6.31. The standard InChI is InChI=1S/C31H34ClN5O5/c1-19(2)16-25(38)36-14-12-35(13-15-36)23-11-10-21(32)17-24(23)37-28(31(40)42-4)27(30(39)41-3)26(22(18-33)29(37)34)20-8-6-5-7-9-20/h5-11,17,19,26H,12-16,34H2,1-4H3. The Balaban J connectivity index is 1.89. The van der Waals surface area contributed by atoms with E-state index in [9.17, 15) is 19.6 Å². The normalized spacial score (nSPS) is 17.4. The van der Waals surface area contributed by atoms with Gasteiger partial charge in [-0.2, -0.15) is 5.26 Å². The molecule has 2 aliphatic heterocycles. The second kappa shape index (κ2) is 13.0. The van der Waals surface area contributed by atoms with Crippen molar-refractivity contribution in [2.45, 2.75) is 26.2 Å². The fraction of sp³-hybridized carbons (Fsp3) is 0.355. The van der Waals surface area contributed by atoms with Gasteiger partial charge in [0.1, 0.15) is 11.5 Å². The van der Waals surface area contributed by atoms with Gasteiger partial charge in [0.25, 0.3) is 0 Å². The number of methoxy groups -OCH3 is 2. The number of nitrogens with zero attached hydrogens (tertiary/aromatic N) is 4. The molecule has 2 aromatic rings. The predicted molar refractivity (Wildman–Crippen MR) is 159 cm³/mol. The topological polar surface area (TPSA) is 129 Å². The van der Waals surface area contributed by atoms with E-state index in [4.69, 9.17) is 26.8 Å². The first-order chi connectivity index (χ1) is 20.1. The van der Waals surface area contributed by atoms with Crippen LogP contribution in [0.1, 0.15) is 31.7 Å². The zero-order chi connectivity index (χ0) is 30.6. The number of allylic oxidation sites excluding steroid dienone is 1. The lowest BCUT2D eigenvalue weighted by Crippen LogP contribution is -2.49. The average Bonchev–Trinajstić information content (AvgIpc) is 2.99. The quantitative estimate of drug-likeness (QED) is 0.476. The number of piperazine rings is 1. The number of nitriles is 1. The Kier molecular flexibility index (Phi) is 9.43. The van der Waals surface area contributed by atoms with Crippen molar-refractivity contribution in [3.8, 4) is 6.07 Å². The van der Waals surface area contributed by atoms with Gasteiger partial charge in [0.05, 0.1) is 48.7 Å². The number of amides is 1. The van der Waals surface area contributed by atoms with E-state index in [1.54, 1.807) is 48.5 Å². The van der Waals surface area contributed by atoms with E-state index in [-0.39, 0.29) is 34.5 Å². The van der Waals surface area contributed by atoms with E-state index in [1.165, 1.54) is 19.1 Å². The van der Waals surface area contributed by atoms with Crippen molar-refractivity contribution in [3.05, 3.63) is 81.8 Å². The van der Waals surface area contributed by atoms with Gasteiger partial charge in [-0.05, 0) is 29.7 Å². The Morgan fingerprint density at radius 1 is 1.00 bits per heavy atom. The average molecular weight is 592 g/mol. The number of anilines is 2. The summed E-state index contributed by atoms with van der Waals surface area (Å²) in [5.41, 5.74) is 8.11. The highest BCUT2D eigenvalue weighted by Crippen LogP contribution is 2.46. The van der Waals surface area contributed by atoms with Crippen molar-refractivity contribution in [3.63, 3.8) is 0 Å². The van der Waals surface area contributed by atoms with Gasteiger partial charge >= 0.3 is 11.9 Å². The van der Waals surface area contributed by atoms with Crippen LogP contribution >= 0.6 is 11.6 Å². The molecule has 0 spiro atoms. The summed E-state index contributed by atoms with van der Waals surface area (Å²) >= 11 is 6.47. The van der Waals surface area contributed by atoms with Gasteiger partial charge in [-0.1, -0.05) is 55.8 Å². The fourth-order valence-corrected chi connectivity index (χ4v) is 5.55. The minimum absolute atomic E-state index is 0.0475. The summed E-state index contributed by atoms with van der Waals surface area (Å²) in [6.45, 7) is 6.05. The second-order valence-corrected chi connectivity index (χ2v) is 10.9. The van der Waals surface area contributed by atoms with Crippen LogP contribution in [0.3, 0.4) is 0 Å². The monoisotopic (exact) mass is 591 g/mol. The van der Waals surface area contributed by atoms with Crippen LogP contribution in [0.2, 0.25) is 5.02 Å². The third kappa shape index (κ3) is 5.92. The molecule has 1 fully saturated rings. The Morgan fingerprint density at radius 2 is 1.64 bits per heavy atom. The lowest BCUT2D eigenvalue weighted by Gasteiger charge is -2.40. The fourth-order valence-electron chi connectivity index (χ4n) is 5.38. The van der Waals surface area contributed by atoms with E-state index < -0.39 is 17.9 Å².